The summed E-state index contributed by atoms with van der Waals surface area (Å²) in [6.45, 7) is 3.06. The van der Waals surface area contributed by atoms with Crippen LogP contribution < -0.4 is 16.1 Å². The number of nitrogens with two attached hydrogens (primary N) is 1. The van der Waals surface area contributed by atoms with Gasteiger partial charge in [-0.25, -0.2) is 0 Å². The molecule has 0 radical (unpaired) electrons. The van der Waals surface area contributed by atoms with Crippen molar-refractivity contribution < 1.29 is 4.79 Å². The highest BCUT2D eigenvalue weighted by atomic mass is 16.2. The first-order valence-corrected chi connectivity index (χ1v) is 8.81. The van der Waals surface area contributed by atoms with E-state index in [0.29, 0.717) is 24.2 Å². The van der Waals surface area contributed by atoms with Crippen molar-refractivity contribution in [2.45, 2.75) is 26.3 Å². The molecule has 3 aromatic rings. The molecule has 2 heterocycles. The molecule has 0 saturated heterocycles. The topological polar surface area (TPSA) is 81.2 Å². The van der Waals surface area contributed by atoms with Gasteiger partial charge in [-0.1, -0.05) is 18.2 Å². The number of anilines is 2. The van der Waals surface area contributed by atoms with E-state index in [0.717, 1.165) is 29.6 Å². The Balaban J connectivity index is 1.87. The Kier molecular flexibility index (Phi) is 3.95. The number of aryl methyl sites for hydroxylation is 1. The lowest BCUT2D eigenvalue weighted by atomic mass is 9.99. The molecule has 1 aromatic heterocycles. The summed E-state index contributed by atoms with van der Waals surface area (Å²) in [6, 6.07) is 12.8. The van der Waals surface area contributed by atoms with Crippen LogP contribution in [0.15, 0.2) is 47.3 Å². The lowest BCUT2D eigenvalue weighted by Crippen LogP contribution is -2.39. The number of amides is 1. The third-order valence-corrected chi connectivity index (χ3v) is 4.90. The zero-order valence-corrected chi connectivity index (χ0v) is 14.6. The Morgan fingerprint density at radius 1 is 1.19 bits per heavy atom. The molecule has 1 aliphatic rings. The molecule has 132 valence electrons. The quantitative estimate of drug-likeness (QED) is 0.722. The van der Waals surface area contributed by atoms with Crippen LogP contribution >= 0.6 is 0 Å². The summed E-state index contributed by atoms with van der Waals surface area (Å²) in [5.41, 5.74) is 8.86. The molecule has 0 spiro atoms. The van der Waals surface area contributed by atoms with Gasteiger partial charge in [-0.05, 0) is 49.6 Å². The molecule has 0 atom stereocenters. The van der Waals surface area contributed by atoms with Gasteiger partial charge in [-0.3, -0.25) is 14.3 Å². The van der Waals surface area contributed by atoms with Crippen molar-refractivity contribution in [3.8, 4) is 0 Å². The van der Waals surface area contributed by atoms with Crippen molar-refractivity contribution in [2.24, 2.45) is 0 Å². The fourth-order valence-electron chi connectivity index (χ4n) is 3.61. The predicted molar refractivity (Wildman–Crippen MR) is 103 cm³/mol. The zero-order valence-electron chi connectivity index (χ0n) is 14.6. The fraction of sp³-hybridized carbons (Fsp3) is 0.250. The van der Waals surface area contributed by atoms with E-state index in [2.05, 4.69) is 5.10 Å². The molecule has 0 saturated carbocycles. The number of carbonyl (C=O) groups excluding carboxylic acids is 1. The highest BCUT2D eigenvalue weighted by Gasteiger charge is 2.28. The molecular weight excluding hydrogens is 328 g/mol. The number of hydrogen-bond acceptors (Lipinski definition) is 4. The van der Waals surface area contributed by atoms with Gasteiger partial charge in [-0.15, -0.1) is 0 Å². The first kappa shape index (κ1) is 16.3. The van der Waals surface area contributed by atoms with E-state index in [1.54, 1.807) is 21.7 Å². The van der Waals surface area contributed by atoms with E-state index in [1.165, 1.54) is 0 Å². The van der Waals surface area contributed by atoms with Crippen molar-refractivity contribution in [1.29, 1.82) is 0 Å². The average molecular weight is 348 g/mol. The number of aromatic nitrogens is 2. The maximum absolute atomic E-state index is 13.2. The second-order valence-corrected chi connectivity index (χ2v) is 6.42. The Morgan fingerprint density at radius 3 is 2.81 bits per heavy atom. The van der Waals surface area contributed by atoms with Crippen LogP contribution in [-0.2, 0) is 13.0 Å². The van der Waals surface area contributed by atoms with E-state index >= 15 is 0 Å². The number of hydrogen-bond donors (Lipinski definition) is 1. The minimum Gasteiger partial charge on any atom is -0.398 e. The molecule has 2 N–H and O–H groups in total. The summed E-state index contributed by atoms with van der Waals surface area (Å²) < 4.78 is 1.70. The number of rotatable bonds is 2. The fourth-order valence-corrected chi connectivity index (χ4v) is 3.61. The smallest absolute Gasteiger partial charge is 0.282 e. The summed E-state index contributed by atoms with van der Waals surface area (Å²) >= 11 is 0. The monoisotopic (exact) mass is 348 g/mol. The maximum Gasteiger partial charge on any atom is 0.282 e. The van der Waals surface area contributed by atoms with Gasteiger partial charge in [0.05, 0.1) is 5.52 Å². The van der Waals surface area contributed by atoms with Crippen molar-refractivity contribution in [2.75, 3.05) is 17.2 Å². The largest absolute Gasteiger partial charge is 0.398 e. The molecule has 1 amide bonds. The highest BCUT2D eigenvalue weighted by molar-refractivity contribution is 6.07. The number of nitrogens with zero attached hydrogens (tertiary/aromatic N) is 3. The summed E-state index contributed by atoms with van der Waals surface area (Å²) in [7, 11) is 0. The molecule has 4 rings (SSSR count). The van der Waals surface area contributed by atoms with Gasteiger partial charge >= 0.3 is 0 Å². The SMILES string of the molecule is CCn1nc(C(=O)N2CCCc3c(N)cccc32)c(=O)c2ccccc21. The van der Waals surface area contributed by atoms with E-state index in [9.17, 15) is 9.59 Å². The zero-order chi connectivity index (χ0) is 18.3. The van der Waals surface area contributed by atoms with Gasteiger partial charge in [0, 0.05) is 29.9 Å². The Labute approximate surface area is 150 Å². The third kappa shape index (κ3) is 2.45. The standard InChI is InChI=1S/C20H20N4O2/c1-2-24-17-10-4-3-7-14(17)19(25)18(22-24)20(26)23-12-6-8-13-15(21)9-5-11-16(13)23/h3-5,7,9-11H,2,6,8,12,21H2,1H3. The van der Waals surface area contributed by atoms with E-state index in [1.807, 2.05) is 37.3 Å². The van der Waals surface area contributed by atoms with Crippen LogP contribution in [0, 0.1) is 0 Å². The second-order valence-electron chi connectivity index (χ2n) is 6.42. The minimum atomic E-state index is -0.366. The second kappa shape index (κ2) is 6.29. The van der Waals surface area contributed by atoms with Crippen LogP contribution in [0.3, 0.4) is 0 Å². The van der Waals surface area contributed by atoms with Gasteiger partial charge in [-0.2, -0.15) is 5.10 Å². The molecule has 6 nitrogen and oxygen atoms in total. The molecular formula is C20H20N4O2. The molecule has 26 heavy (non-hydrogen) atoms. The van der Waals surface area contributed by atoms with Crippen LogP contribution in [0.1, 0.15) is 29.4 Å². The molecule has 0 unspecified atom stereocenters. The molecule has 6 heteroatoms. The minimum absolute atomic E-state index is 0.0409. The normalized spacial score (nSPS) is 13.7. The number of nitrogen functional groups attached to an aromatic ring is 1. The molecule has 0 aliphatic carbocycles. The van der Waals surface area contributed by atoms with Gasteiger partial charge < -0.3 is 10.6 Å². The van der Waals surface area contributed by atoms with Gasteiger partial charge in [0.25, 0.3) is 5.91 Å². The van der Waals surface area contributed by atoms with Crippen LogP contribution in [0.4, 0.5) is 11.4 Å². The predicted octanol–water partition coefficient (Wildman–Crippen LogP) is 2.59. The molecule has 0 bridgehead atoms. The van der Waals surface area contributed by atoms with Crippen molar-refractivity contribution in [1.82, 2.24) is 9.78 Å². The summed E-state index contributed by atoms with van der Waals surface area (Å²) in [6.07, 6.45) is 1.64. The summed E-state index contributed by atoms with van der Waals surface area (Å²) in [4.78, 5) is 27.8. The molecule has 0 fully saturated rings. The van der Waals surface area contributed by atoms with Crippen LogP contribution in [0.5, 0.6) is 0 Å². The van der Waals surface area contributed by atoms with Crippen LogP contribution in [0.25, 0.3) is 10.9 Å². The van der Waals surface area contributed by atoms with Crippen molar-refractivity contribution >= 4 is 28.2 Å². The van der Waals surface area contributed by atoms with Crippen molar-refractivity contribution in [3.05, 3.63) is 63.9 Å². The number of benzene rings is 2. The average Bonchev–Trinajstić information content (AvgIpc) is 2.68. The lowest BCUT2D eigenvalue weighted by Gasteiger charge is -2.30. The van der Waals surface area contributed by atoms with E-state index in [4.69, 9.17) is 5.73 Å². The van der Waals surface area contributed by atoms with Crippen molar-refractivity contribution in [3.63, 3.8) is 0 Å². The first-order valence-electron chi connectivity index (χ1n) is 8.81. The number of fused-ring (bicyclic) bond motifs is 2. The Hall–Kier alpha value is -3.15. The molecule has 1 aliphatic heterocycles. The lowest BCUT2D eigenvalue weighted by molar-refractivity contribution is 0.0977. The first-order chi connectivity index (χ1) is 12.6. The van der Waals surface area contributed by atoms with Gasteiger partial charge in [0.1, 0.15) is 0 Å². The summed E-state index contributed by atoms with van der Waals surface area (Å²) in [5.74, 6) is -0.366. The summed E-state index contributed by atoms with van der Waals surface area (Å²) in [5, 5.41) is 4.88. The Morgan fingerprint density at radius 2 is 2.00 bits per heavy atom. The van der Waals surface area contributed by atoms with E-state index in [-0.39, 0.29) is 17.0 Å². The van der Waals surface area contributed by atoms with Crippen LogP contribution in [0.2, 0.25) is 0 Å². The van der Waals surface area contributed by atoms with Gasteiger partial charge in [0.2, 0.25) is 5.43 Å². The highest BCUT2D eigenvalue weighted by Crippen LogP contribution is 2.31. The van der Waals surface area contributed by atoms with Crippen LogP contribution in [-0.4, -0.2) is 22.2 Å². The van der Waals surface area contributed by atoms with Gasteiger partial charge in [0.15, 0.2) is 5.69 Å². The third-order valence-electron chi connectivity index (χ3n) is 4.90. The van der Waals surface area contributed by atoms with E-state index < -0.39 is 0 Å². The number of para-hydroxylation sites is 1. The Bertz CT molecular complexity index is 1070. The molecule has 2 aromatic carbocycles. The maximum atomic E-state index is 13.2. The number of carbonyl (C=O) groups is 1.